The first-order valence-corrected chi connectivity index (χ1v) is 13.4. The smallest absolute Gasteiger partial charge is 0.379 e. The fourth-order valence-electron chi connectivity index (χ4n) is 2.24. The monoisotopic (exact) mass is 414 g/mol. The molecule has 1 unspecified atom stereocenters. The molecule has 0 aliphatic carbocycles. The Labute approximate surface area is 161 Å². The zero-order chi connectivity index (χ0) is 19.9. The Balaban J connectivity index is 0.000000508. The molecule has 0 saturated carbocycles. The standard InChI is InChI=1S/C9H20O5Si.C7H18O3Si/c1-10-15(11-2,12-3)6-4-5-13-7-9-8-14-9;1-5-8-11(4,9-6-2)10-7-3/h9H,4-8H2,1-3H3;5-7H2,1-4H3. The van der Waals surface area contributed by atoms with Crippen LogP contribution < -0.4 is 0 Å². The molecule has 0 aromatic heterocycles. The van der Waals surface area contributed by atoms with Gasteiger partial charge in [-0.25, -0.2) is 0 Å². The van der Waals surface area contributed by atoms with Crippen molar-refractivity contribution in [2.75, 3.05) is 61.0 Å². The van der Waals surface area contributed by atoms with Crippen molar-refractivity contribution >= 4 is 17.6 Å². The van der Waals surface area contributed by atoms with Crippen molar-refractivity contribution in [1.82, 2.24) is 0 Å². The summed E-state index contributed by atoms with van der Waals surface area (Å²) in [6.45, 7) is 12.0. The summed E-state index contributed by atoms with van der Waals surface area (Å²) in [4.78, 5) is 0. The molecule has 1 heterocycles. The second kappa shape index (κ2) is 15.1. The normalized spacial score (nSPS) is 17.0. The molecule has 10 heteroatoms. The van der Waals surface area contributed by atoms with E-state index >= 15 is 0 Å². The van der Waals surface area contributed by atoms with Gasteiger partial charge in [-0.1, -0.05) is 0 Å². The van der Waals surface area contributed by atoms with Crippen LogP contribution in [-0.4, -0.2) is 84.7 Å². The summed E-state index contributed by atoms with van der Waals surface area (Å²) in [7, 11) is 0.230. The first-order valence-electron chi connectivity index (χ1n) is 9.21. The van der Waals surface area contributed by atoms with Gasteiger partial charge in [0.15, 0.2) is 0 Å². The van der Waals surface area contributed by atoms with Crippen LogP contribution in [-0.2, 0) is 36.0 Å². The van der Waals surface area contributed by atoms with Crippen molar-refractivity contribution in [2.45, 2.75) is 45.9 Å². The molecule has 0 aromatic carbocycles. The second-order valence-electron chi connectivity index (χ2n) is 5.59. The molecular weight excluding hydrogens is 376 g/mol. The van der Waals surface area contributed by atoms with Crippen molar-refractivity contribution in [3.8, 4) is 0 Å². The van der Waals surface area contributed by atoms with Gasteiger partial charge in [0.2, 0.25) is 0 Å². The lowest BCUT2D eigenvalue weighted by molar-refractivity contribution is 0.0783. The Hall–Kier alpha value is 0.114. The maximum Gasteiger partial charge on any atom is 0.500 e. The van der Waals surface area contributed by atoms with Crippen LogP contribution in [0.3, 0.4) is 0 Å². The number of rotatable bonds is 15. The molecule has 0 spiro atoms. The minimum absolute atomic E-state index is 0.333. The zero-order valence-electron chi connectivity index (χ0n) is 17.5. The van der Waals surface area contributed by atoms with Crippen LogP contribution in [0.25, 0.3) is 0 Å². The van der Waals surface area contributed by atoms with Gasteiger partial charge < -0.3 is 36.0 Å². The van der Waals surface area contributed by atoms with Gasteiger partial charge in [-0.2, -0.15) is 0 Å². The van der Waals surface area contributed by atoms with Crippen LogP contribution in [0.15, 0.2) is 0 Å². The van der Waals surface area contributed by atoms with E-state index in [4.69, 9.17) is 36.0 Å². The Kier molecular flexibility index (Phi) is 15.2. The van der Waals surface area contributed by atoms with Crippen molar-refractivity contribution in [2.24, 2.45) is 0 Å². The topological polar surface area (TPSA) is 77.1 Å². The van der Waals surface area contributed by atoms with Gasteiger partial charge in [0, 0.05) is 60.3 Å². The maximum atomic E-state index is 5.42. The number of hydrogen-bond acceptors (Lipinski definition) is 8. The van der Waals surface area contributed by atoms with Gasteiger partial charge in [-0.05, 0) is 27.2 Å². The molecule has 0 N–H and O–H groups in total. The van der Waals surface area contributed by atoms with E-state index in [9.17, 15) is 0 Å². The van der Waals surface area contributed by atoms with Crippen LogP contribution in [0.1, 0.15) is 27.2 Å². The zero-order valence-corrected chi connectivity index (χ0v) is 19.5. The van der Waals surface area contributed by atoms with Crippen LogP contribution in [0.2, 0.25) is 12.6 Å². The van der Waals surface area contributed by atoms with Gasteiger partial charge >= 0.3 is 17.6 Å². The van der Waals surface area contributed by atoms with E-state index in [1.807, 2.05) is 27.3 Å². The summed E-state index contributed by atoms with van der Waals surface area (Å²) in [5.74, 6) is 0. The quantitative estimate of drug-likeness (QED) is 0.230. The number of hydrogen-bond donors (Lipinski definition) is 0. The molecule has 0 bridgehead atoms. The highest BCUT2D eigenvalue weighted by Gasteiger charge is 2.37. The summed E-state index contributed by atoms with van der Waals surface area (Å²) >= 11 is 0. The van der Waals surface area contributed by atoms with E-state index in [1.54, 1.807) is 21.3 Å². The highest BCUT2D eigenvalue weighted by molar-refractivity contribution is 6.60. The Morgan fingerprint density at radius 2 is 1.35 bits per heavy atom. The summed E-state index contributed by atoms with van der Waals surface area (Å²) < 4.78 is 42.5. The summed E-state index contributed by atoms with van der Waals surface area (Å²) in [5, 5.41) is 0. The van der Waals surface area contributed by atoms with Gasteiger partial charge in [0.05, 0.1) is 13.2 Å². The van der Waals surface area contributed by atoms with E-state index in [-0.39, 0.29) is 0 Å². The molecule has 1 rings (SSSR count). The highest BCUT2D eigenvalue weighted by Crippen LogP contribution is 2.15. The van der Waals surface area contributed by atoms with Gasteiger partial charge in [0.25, 0.3) is 0 Å². The lowest BCUT2D eigenvalue weighted by Crippen LogP contribution is -2.42. The van der Waals surface area contributed by atoms with Crippen molar-refractivity contribution < 1.29 is 36.0 Å². The first kappa shape index (κ1) is 26.1. The van der Waals surface area contributed by atoms with Crippen LogP contribution in [0, 0.1) is 0 Å². The molecule has 0 aromatic rings. The lowest BCUT2D eigenvalue weighted by atomic mass is 10.5. The minimum Gasteiger partial charge on any atom is -0.379 e. The van der Waals surface area contributed by atoms with Crippen molar-refractivity contribution in [3.63, 3.8) is 0 Å². The van der Waals surface area contributed by atoms with Crippen LogP contribution >= 0.6 is 0 Å². The molecule has 0 amide bonds. The largest absolute Gasteiger partial charge is 0.500 e. The third-order valence-electron chi connectivity index (χ3n) is 3.63. The van der Waals surface area contributed by atoms with Crippen LogP contribution in [0.5, 0.6) is 0 Å². The molecule has 1 fully saturated rings. The predicted molar refractivity (Wildman–Crippen MR) is 103 cm³/mol. The first-order chi connectivity index (χ1) is 12.4. The number of epoxide rings is 1. The van der Waals surface area contributed by atoms with Gasteiger partial charge in [0.1, 0.15) is 6.10 Å². The molecule has 26 heavy (non-hydrogen) atoms. The molecule has 0 radical (unpaired) electrons. The molecule has 1 atom stereocenters. The third-order valence-corrected chi connectivity index (χ3v) is 8.90. The maximum absolute atomic E-state index is 5.42. The Morgan fingerprint density at radius 3 is 1.69 bits per heavy atom. The van der Waals surface area contributed by atoms with Crippen molar-refractivity contribution in [1.29, 1.82) is 0 Å². The van der Waals surface area contributed by atoms with Crippen LogP contribution in [0.4, 0.5) is 0 Å². The lowest BCUT2D eigenvalue weighted by Gasteiger charge is -2.24. The molecule has 1 aliphatic heterocycles. The molecular formula is C16H38O8Si2. The average molecular weight is 415 g/mol. The summed E-state index contributed by atoms with van der Waals surface area (Å²) in [6.07, 6.45) is 1.22. The molecule has 8 nitrogen and oxygen atoms in total. The van der Waals surface area contributed by atoms with Gasteiger partial charge in [-0.15, -0.1) is 0 Å². The van der Waals surface area contributed by atoms with E-state index in [0.717, 1.165) is 19.1 Å². The molecule has 158 valence electrons. The highest BCUT2D eigenvalue weighted by atomic mass is 28.4. The van der Waals surface area contributed by atoms with E-state index in [1.165, 1.54) is 0 Å². The summed E-state index contributed by atoms with van der Waals surface area (Å²) in [6, 6.07) is 0.780. The SMILES string of the molecule is CCO[Si](C)(OCC)OCC.CO[Si](CCCOCC1CO1)(OC)OC. The van der Waals surface area contributed by atoms with E-state index in [2.05, 4.69) is 0 Å². The predicted octanol–water partition coefficient (Wildman–Crippen LogP) is 2.33. The van der Waals surface area contributed by atoms with Crippen molar-refractivity contribution in [3.05, 3.63) is 0 Å². The second-order valence-corrected chi connectivity index (χ2v) is 11.3. The fraction of sp³-hybridized carbons (Fsp3) is 1.00. The Morgan fingerprint density at radius 1 is 0.885 bits per heavy atom. The summed E-state index contributed by atoms with van der Waals surface area (Å²) in [5.41, 5.74) is 0. The minimum atomic E-state index is -2.39. The Bertz CT molecular complexity index is 302. The molecule has 1 aliphatic rings. The van der Waals surface area contributed by atoms with E-state index in [0.29, 0.717) is 39.1 Å². The van der Waals surface area contributed by atoms with Gasteiger partial charge in [-0.3, -0.25) is 0 Å². The average Bonchev–Trinajstić information content (AvgIpc) is 3.44. The third kappa shape index (κ3) is 11.7. The fourth-order valence-corrected chi connectivity index (χ4v) is 5.75. The number of ether oxygens (including phenoxy) is 2. The molecule has 1 saturated heterocycles. The van der Waals surface area contributed by atoms with E-state index < -0.39 is 17.6 Å².